The van der Waals surface area contributed by atoms with Crippen LogP contribution in [0.1, 0.15) is 15.9 Å². The molecule has 1 aromatic heterocycles. The van der Waals surface area contributed by atoms with Crippen LogP contribution in [0.15, 0.2) is 66.7 Å². The molecule has 1 heterocycles. The number of nitrogens with one attached hydrogen (secondary N) is 1. The maximum atomic E-state index is 12.6. The Morgan fingerprint density at radius 1 is 0.963 bits per heavy atom. The zero-order chi connectivity index (χ0) is 18.8. The van der Waals surface area contributed by atoms with Gasteiger partial charge in [0.15, 0.2) is 0 Å². The van der Waals surface area contributed by atoms with Crippen molar-refractivity contribution in [3.8, 4) is 11.4 Å². The number of aromatic nitrogens is 3. The lowest BCUT2D eigenvalue weighted by Gasteiger charge is -2.09. The summed E-state index contributed by atoms with van der Waals surface area (Å²) in [6, 6.07) is 20.5. The fraction of sp³-hybridized carbons (Fsp3) is 0.0952. The van der Waals surface area contributed by atoms with Crippen LogP contribution in [0, 0.1) is 6.92 Å². The number of anilines is 1. The van der Waals surface area contributed by atoms with E-state index >= 15 is 0 Å². The van der Waals surface area contributed by atoms with Crippen LogP contribution in [0.4, 0.5) is 5.69 Å². The third-order valence-corrected chi connectivity index (χ3v) is 4.29. The number of nitrogens with zero attached hydrogens (tertiary/aromatic N) is 3. The Balaban J connectivity index is 1.65. The van der Waals surface area contributed by atoms with Gasteiger partial charge in [-0.05, 0) is 55.0 Å². The summed E-state index contributed by atoms with van der Waals surface area (Å²) in [5.41, 5.74) is 4.52. The lowest BCUT2D eigenvalue weighted by molar-refractivity contribution is 0.102. The van der Waals surface area contributed by atoms with Gasteiger partial charge in [0, 0.05) is 11.3 Å². The molecule has 1 amide bonds. The molecular formula is C21H18N4O2. The SMILES string of the molecule is COc1cccc(C(=O)Nc2cc3nn(-c4ccccc4)nc3cc2C)c1. The van der Waals surface area contributed by atoms with Crippen molar-refractivity contribution in [3.05, 3.63) is 77.9 Å². The molecule has 6 nitrogen and oxygen atoms in total. The monoisotopic (exact) mass is 358 g/mol. The van der Waals surface area contributed by atoms with Crippen molar-refractivity contribution in [1.29, 1.82) is 0 Å². The van der Waals surface area contributed by atoms with Gasteiger partial charge in [-0.15, -0.1) is 10.2 Å². The summed E-state index contributed by atoms with van der Waals surface area (Å²) in [7, 11) is 1.57. The van der Waals surface area contributed by atoms with Gasteiger partial charge in [-0.25, -0.2) is 0 Å². The van der Waals surface area contributed by atoms with Crippen LogP contribution >= 0.6 is 0 Å². The van der Waals surface area contributed by atoms with Crippen LogP contribution in [-0.2, 0) is 0 Å². The number of para-hydroxylation sites is 1. The van der Waals surface area contributed by atoms with Crippen molar-refractivity contribution in [2.45, 2.75) is 6.92 Å². The molecule has 3 aromatic carbocycles. The summed E-state index contributed by atoms with van der Waals surface area (Å²) in [6.45, 7) is 1.93. The fourth-order valence-corrected chi connectivity index (χ4v) is 2.84. The molecule has 0 aliphatic carbocycles. The molecular weight excluding hydrogens is 340 g/mol. The quantitative estimate of drug-likeness (QED) is 0.599. The maximum absolute atomic E-state index is 12.6. The molecule has 0 aliphatic rings. The average Bonchev–Trinajstić information content (AvgIpc) is 3.11. The molecule has 0 atom stereocenters. The molecule has 134 valence electrons. The minimum atomic E-state index is -0.202. The van der Waals surface area contributed by atoms with Crippen molar-refractivity contribution >= 4 is 22.6 Å². The summed E-state index contributed by atoms with van der Waals surface area (Å²) in [5, 5.41) is 12.0. The van der Waals surface area contributed by atoms with Crippen molar-refractivity contribution < 1.29 is 9.53 Å². The number of carbonyl (C=O) groups excluding carboxylic acids is 1. The zero-order valence-electron chi connectivity index (χ0n) is 15.0. The number of fused-ring (bicyclic) bond motifs is 1. The van der Waals surface area contributed by atoms with E-state index in [2.05, 4.69) is 15.5 Å². The third-order valence-electron chi connectivity index (χ3n) is 4.29. The van der Waals surface area contributed by atoms with Crippen molar-refractivity contribution in [2.24, 2.45) is 0 Å². The van der Waals surface area contributed by atoms with Gasteiger partial charge >= 0.3 is 0 Å². The number of aryl methyl sites for hydroxylation is 1. The predicted molar refractivity (Wildman–Crippen MR) is 105 cm³/mol. The molecule has 0 aliphatic heterocycles. The second-order valence-electron chi connectivity index (χ2n) is 6.17. The van der Waals surface area contributed by atoms with E-state index in [1.165, 1.54) is 0 Å². The first-order chi connectivity index (χ1) is 13.1. The number of amides is 1. The smallest absolute Gasteiger partial charge is 0.255 e. The van der Waals surface area contributed by atoms with Crippen LogP contribution < -0.4 is 10.1 Å². The van der Waals surface area contributed by atoms with Gasteiger partial charge < -0.3 is 10.1 Å². The normalized spacial score (nSPS) is 10.7. The van der Waals surface area contributed by atoms with E-state index in [-0.39, 0.29) is 5.91 Å². The van der Waals surface area contributed by atoms with E-state index in [0.29, 0.717) is 22.5 Å². The lowest BCUT2D eigenvalue weighted by Crippen LogP contribution is -2.12. The van der Waals surface area contributed by atoms with Crippen molar-refractivity contribution in [1.82, 2.24) is 15.0 Å². The van der Waals surface area contributed by atoms with Gasteiger partial charge in [0.1, 0.15) is 16.8 Å². The van der Waals surface area contributed by atoms with E-state index in [4.69, 9.17) is 4.74 Å². The van der Waals surface area contributed by atoms with E-state index in [1.807, 2.05) is 49.4 Å². The summed E-state index contributed by atoms with van der Waals surface area (Å²) < 4.78 is 5.18. The van der Waals surface area contributed by atoms with Crippen LogP contribution in [0.2, 0.25) is 0 Å². The minimum absolute atomic E-state index is 0.202. The van der Waals surface area contributed by atoms with Crippen LogP contribution in [0.25, 0.3) is 16.7 Å². The largest absolute Gasteiger partial charge is 0.497 e. The molecule has 0 radical (unpaired) electrons. The Labute approximate surface area is 156 Å². The first-order valence-electron chi connectivity index (χ1n) is 8.52. The van der Waals surface area contributed by atoms with E-state index < -0.39 is 0 Å². The highest BCUT2D eigenvalue weighted by atomic mass is 16.5. The Hall–Kier alpha value is -3.67. The number of carbonyl (C=O) groups is 1. The Morgan fingerprint density at radius 2 is 1.70 bits per heavy atom. The summed E-state index contributed by atoms with van der Waals surface area (Å²) in [5.74, 6) is 0.437. The minimum Gasteiger partial charge on any atom is -0.497 e. The topological polar surface area (TPSA) is 69.0 Å². The average molecular weight is 358 g/mol. The molecule has 1 N–H and O–H groups in total. The number of ether oxygens (including phenoxy) is 1. The van der Waals surface area contributed by atoms with E-state index in [1.54, 1.807) is 36.2 Å². The second kappa shape index (κ2) is 6.92. The zero-order valence-corrected chi connectivity index (χ0v) is 15.0. The van der Waals surface area contributed by atoms with E-state index in [0.717, 1.165) is 16.8 Å². The standard InChI is InChI=1S/C21H18N4O2/c1-14-11-19-20(24-25(23-19)16-8-4-3-5-9-16)13-18(14)22-21(26)15-7-6-10-17(12-15)27-2/h3-13H,1-2H3,(H,22,26). The van der Waals surface area contributed by atoms with Crippen LogP contribution in [0.3, 0.4) is 0 Å². The van der Waals surface area contributed by atoms with Gasteiger partial charge in [-0.1, -0.05) is 24.3 Å². The molecule has 4 rings (SSSR count). The molecule has 6 heteroatoms. The van der Waals surface area contributed by atoms with Crippen molar-refractivity contribution in [3.63, 3.8) is 0 Å². The van der Waals surface area contributed by atoms with Gasteiger partial charge in [-0.3, -0.25) is 4.79 Å². The number of methoxy groups -OCH3 is 1. The second-order valence-corrected chi connectivity index (χ2v) is 6.17. The van der Waals surface area contributed by atoms with Crippen molar-refractivity contribution in [2.75, 3.05) is 12.4 Å². The van der Waals surface area contributed by atoms with Gasteiger partial charge in [0.2, 0.25) is 0 Å². The Kier molecular flexibility index (Phi) is 4.30. The molecule has 27 heavy (non-hydrogen) atoms. The molecule has 0 fully saturated rings. The van der Waals surface area contributed by atoms with Gasteiger partial charge in [0.25, 0.3) is 5.91 Å². The lowest BCUT2D eigenvalue weighted by atomic mass is 10.1. The highest BCUT2D eigenvalue weighted by Crippen LogP contribution is 2.23. The number of rotatable bonds is 4. The first-order valence-corrected chi connectivity index (χ1v) is 8.52. The molecule has 0 bridgehead atoms. The first kappa shape index (κ1) is 16.8. The van der Waals surface area contributed by atoms with Gasteiger partial charge in [-0.2, -0.15) is 4.80 Å². The van der Waals surface area contributed by atoms with Gasteiger partial charge in [0.05, 0.1) is 12.8 Å². The molecule has 0 saturated heterocycles. The number of hydrogen-bond donors (Lipinski definition) is 1. The Bertz CT molecular complexity index is 1120. The summed E-state index contributed by atoms with van der Waals surface area (Å²) in [4.78, 5) is 14.2. The molecule has 0 unspecified atom stereocenters. The summed E-state index contributed by atoms with van der Waals surface area (Å²) >= 11 is 0. The highest BCUT2D eigenvalue weighted by Gasteiger charge is 2.12. The third kappa shape index (κ3) is 3.37. The van der Waals surface area contributed by atoms with E-state index in [9.17, 15) is 4.79 Å². The number of benzene rings is 3. The molecule has 4 aromatic rings. The van der Waals surface area contributed by atoms with Crippen LogP contribution in [0.5, 0.6) is 5.75 Å². The molecule has 0 saturated carbocycles. The maximum Gasteiger partial charge on any atom is 0.255 e. The fourth-order valence-electron chi connectivity index (χ4n) is 2.84. The number of hydrogen-bond acceptors (Lipinski definition) is 4. The summed E-state index contributed by atoms with van der Waals surface area (Å²) in [6.07, 6.45) is 0. The predicted octanol–water partition coefficient (Wildman–Crippen LogP) is 3.99. The molecule has 0 spiro atoms. The highest BCUT2D eigenvalue weighted by molar-refractivity contribution is 6.05. The van der Waals surface area contributed by atoms with Crippen LogP contribution in [-0.4, -0.2) is 28.0 Å². The Morgan fingerprint density at radius 3 is 2.44 bits per heavy atom.